The number of carbonyl (C=O) groups excluding carboxylic acids is 1. The maximum Gasteiger partial charge on any atom is 0.255 e. The largest absolute Gasteiger partial charge is 0.339 e. The van der Waals surface area contributed by atoms with Gasteiger partial charge in [-0.2, -0.15) is 0 Å². The molecule has 0 radical (unpaired) electrons. The van der Waals surface area contributed by atoms with Crippen molar-refractivity contribution in [2.45, 2.75) is 33.1 Å². The molecule has 2 aromatic heterocycles. The van der Waals surface area contributed by atoms with E-state index in [1.54, 1.807) is 6.33 Å². The minimum Gasteiger partial charge on any atom is -0.339 e. The van der Waals surface area contributed by atoms with Gasteiger partial charge in [0.05, 0.1) is 16.8 Å². The molecule has 3 aromatic rings. The predicted octanol–water partition coefficient (Wildman–Crippen LogP) is 3.50. The second-order valence-electron chi connectivity index (χ2n) is 7.57. The van der Waals surface area contributed by atoms with Crippen molar-refractivity contribution in [2.24, 2.45) is 13.0 Å². The van der Waals surface area contributed by atoms with Crippen molar-refractivity contribution in [3.05, 3.63) is 53.2 Å². The molecule has 0 saturated carbocycles. The lowest BCUT2D eigenvalue weighted by Gasteiger charge is -2.32. The van der Waals surface area contributed by atoms with Gasteiger partial charge in [-0.15, -0.1) is 22.6 Å². The molecule has 0 N–H and O–H groups in total. The molecule has 1 aromatic carbocycles. The lowest BCUT2D eigenvalue weighted by Crippen LogP contribution is -2.39. The highest BCUT2D eigenvalue weighted by molar-refractivity contribution is 5.99. The van der Waals surface area contributed by atoms with Crippen LogP contribution < -0.4 is 0 Å². The Balaban J connectivity index is 0.00000225. The number of piperidine rings is 1. The van der Waals surface area contributed by atoms with Gasteiger partial charge in [0.1, 0.15) is 12.2 Å². The van der Waals surface area contributed by atoms with Crippen LogP contribution in [0.1, 0.15) is 40.3 Å². The Morgan fingerprint density at radius 3 is 2.64 bits per heavy atom. The zero-order chi connectivity index (χ0) is 19.0. The van der Waals surface area contributed by atoms with Crippen LogP contribution in [-0.2, 0) is 13.5 Å². The molecule has 28 heavy (non-hydrogen) atoms. The quantitative estimate of drug-likeness (QED) is 0.676. The van der Waals surface area contributed by atoms with E-state index in [2.05, 4.69) is 23.2 Å². The van der Waals surface area contributed by atoms with E-state index in [-0.39, 0.29) is 18.3 Å². The molecule has 0 unspecified atom stereocenters. The molecule has 1 fully saturated rings. The molecule has 0 spiro atoms. The molecule has 0 aliphatic carbocycles. The molecule has 3 heterocycles. The first-order valence-corrected chi connectivity index (χ1v) is 9.52. The van der Waals surface area contributed by atoms with Crippen molar-refractivity contribution in [3.8, 4) is 0 Å². The van der Waals surface area contributed by atoms with Gasteiger partial charge in [0.15, 0.2) is 0 Å². The maximum absolute atomic E-state index is 13.1. The van der Waals surface area contributed by atoms with E-state index in [9.17, 15) is 4.79 Å². The number of nitrogens with zero attached hydrogens (tertiary/aromatic N) is 5. The number of aryl methyl sites for hydroxylation is 3. The van der Waals surface area contributed by atoms with Crippen LogP contribution in [0.25, 0.3) is 10.9 Å². The number of benzene rings is 1. The Morgan fingerprint density at radius 2 is 1.96 bits per heavy atom. The molecule has 7 heteroatoms. The highest BCUT2D eigenvalue weighted by Crippen LogP contribution is 2.25. The van der Waals surface area contributed by atoms with Gasteiger partial charge in [0, 0.05) is 31.9 Å². The molecule has 1 amide bonds. The van der Waals surface area contributed by atoms with Gasteiger partial charge in [-0.05, 0) is 44.2 Å². The van der Waals surface area contributed by atoms with Crippen LogP contribution in [0.15, 0.2) is 30.6 Å². The van der Waals surface area contributed by atoms with Crippen molar-refractivity contribution in [1.82, 2.24) is 24.6 Å². The van der Waals surface area contributed by atoms with Gasteiger partial charge < -0.3 is 9.47 Å². The van der Waals surface area contributed by atoms with Crippen molar-refractivity contribution in [3.63, 3.8) is 0 Å². The summed E-state index contributed by atoms with van der Waals surface area (Å²) in [6.45, 7) is 5.55. The van der Waals surface area contributed by atoms with E-state index in [0.717, 1.165) is 65.9 Å². The average Bonchev–Trinajstić information content (AvgIpc) is 3.07. The summed E-state index contributed by atoms with van der Waals surface area (Å²) in [5.74, 6) is 1.67. The Morgan fingerprint density at radius 1 is 1.21 bits per heavy atom. The summed E-state index contributed by atoms with van der Waals surface area (Å²) < 4.78 is 1.98. The van der Waals surface area contributed by atoms with Gasteiger partial charge >= 0.3 is 0 Å². The third kappa shape index (κ3) is 3.87. The normalized spacial score (nSPS) is 14.9. The van der Waals surface area contributed by atoms with Gasteiger partial charge in [-0.25, -0.2) is 0 Å². The number of para-hydroxylation sites is 1. The van der Waals surface area contributed by atoms with Crippen LogP contribution in [0, 0.1) is 19.8 Å². The molecular formula is C21H26ClN5O. The Labute approximate surface area is 171 Å². The summed E-state index contributed by atoms with van der Waals surface area (Å²) >= 11 is 0. The number of halogens is 1. The lowest BCUT2D eigenvalue weighted by molar-refractivity contribution is 0.0688. The molecule has 6 nitrogen and oxygen atoms in total. The SMILES string of the molecule is Cc1nc2c(C)cccc2cc1C(=O)N1CCC(Cc2nncn2C)CC1.Cl. The first-order chi connectivity index (χ1) is 13.0. The highest BCUT2D eigenvalue weighted by Gasteiger charge is 2.26. The van der Waals surface area contributed by atoms with E-state index >= 15 is 0 Å². The monoisotopic (exact) mass is 399 g/mol. The topological polar surface area (TPSA) is 63.9 Å². The molecule has 1 aliphatic rings. The number of hydrogen-bond donors (Lipinski definition) is 0. The zero-order valence-electron chi connectivity index (χ0n) is 16.6. The first-order valence-electron chi connectivity index (χ1n) is 9.52. The number of hydrogen-bond acceptors (Lipinski definition) is 4. The van der Waals surface area contributed by atoms with E-state index in [0.29, 0.717) is 5.92 Å². The summed E-state index contributed by atoms with van der Waals surface area (Å²) in [5.41, 5.74) is 3.65. The number of amides is 1. The fraction of sp³-hybridized carbons (Fsp3) is 0.429. The molecule has 0 atom stereocenters. The van der Waals surface area contributed by atoms with Crippen LogP contribution in [0.3, 0.4) is 0 Å². The number of likely N-dealkylation sites (tertiary alicyclic amines) is 1. The van der Waals surface area contributed by atoms with Crippen molar-refractivity contribution >= 4 is 29.2 Å². The van der Waals surface area contributed by atoms with E-state index in [1.807, 2.05) is 41.6 Å². The van der Waals surface area contributed by atoms with Crippen LogP contribution in [0.5, 0.6) is 0 Å². The maximum atomic E-state index is 13.1. The van der Waals surface area contributed by atoms with Gasteiger partial charge in [-0.1, -0.05) is 18.2 Å². The highest BCUT2D eigenvalue weighted by atomic mass is 35.5. The van der Waals surface area contributed by atoms with Gasteiger partial charge in [-0.3, -0.25) is 9.78 Å². The molecule has 0 bridgehead atoms. The predicted molar refractivity (Wildman–Crippen MR) is 112 cm³/mol. The van der Waals surface area contributed by atoms with Gasteiger partial charge in [0.2, 0.25) is 0 Å². The lowest BCUT2D eigenvalue weighted by atomic mass is 9.92. The summed E-state index contributed by atoms with van der Waals surface area (Å²) in [4.78, 5) is 19.8. The zero-order valence-corrected chi connectivity index (χ0v) is 17.4. The molecule has 148 valence electrons. The molecule has 1 saturated heterocycles. The van der Waals surface area contributed by atoms with Crippen molar-refractivity contribution < 1.29 is 4.79 Å². The van der Waals surface area contributed by atoms with Crippen LogP contribution in [0.4, 0.5) is 0 Å². The third-order valence-corrected chi connectivity index (χ3v) is 5.65. The van der Waals surface area contributed by atoms with Crippen molar-refractivity contribution in [1.29, 1.82) is 0 Å². The molecule has 4 rings (SSSR count). The van der Waals surface area contributed by atoms with Crippen LogP contribution >= 0.6 is 12.4 Å². The second kappa shape index (κ2) is 8.27. The minimum absolute atomic E-state index is 0. The van der Waals surface area contributed by atoms with Gasteiger partial charge in [0.25, 0.3) is 5.91 Å². The average molecular weight is 400 g/mol. The van der Waals surface area contributed by atoms with Crippen LogP contribution in [-0.4, -0.2) is 43.6 Å². The Hall–Kier alpha value is -2.47. The van der Waals surface area contributed by atoms with E-state index < -0.39 is 0 Å². The standard InChI is InChI=1S/C21H25N5O.ClH/c1-14-5-4-6-17-12-18(15(2)23-20(14)17)21(27)26-9-7-16(8-10-26)11-19-24-22-13-25(19)3;/h4-6,12-13,16H,7-11H2,1-3H3;1H. The third-order valence-electron chi connectivity index (χ3n) is 5.65. The second-order valence-corrected chi connectivity index (χ2v) is 7.57. The first kappa shape index (κ1) is 20.3. The van der Waals surface area contributed by atoms with E-state index in [4.69, 9.17) is 4.98 Å². The van der Waals surface area contributed by atoms with E-state index in [1.165, 1.54) is 0 Å². The summed E-state index contributed by atoms with van der Waals surface area (Å²) in [5, 5.41) is 9.16. The summed E-state index contributed by atoms with van der Waals surface area (Å²) in [6, 6.07) is 8.09. The fourth-order valence-corrected chi connectivity index (χ4v) is 3.92. The number of aromatic nitrogens is 4. The Bertz CT molecular complexity index is 992. The number of rotatable bonds is 3. The molecular weight excluding hydrogens is 374 g/mol. The summed E-state index contributed by atoms with van der Waals surface area (Å²) in [6.07, 6.45) is 4.66. The number of carbonyl (C=O) groups is 1. The summed E-state index contributed by atoms with van der Waals surface area (Å²) in [7, 11) is 1.98. The number of pyridine rings is 1. The van der Waals surface area contributed by atoms with Crippen molar-refractivity contribution in [2.75, 3.05) is 13.1 Å². The number of fused-ring (bicyclic) bond motifs is 1. The Kier molecular flexibility index (Phi) is 5.98. The molecule has 1 aliphatic heterocycles. The smallest absolute Gasteiger partial charge is 0.255 e. The van der Waals surface area contributed by atoms with Crippen LogP contribution in [0.2, 0.25) is 0 Å². The minimum atomic E-state index is 0. The fourth-order valence-electron chi connectivity index (χ4n) is 3.92.